The normalized spacial score (nSPS) is 11.6. The van der Waals surface area contributed by atoms with Crippen LogP contribution < -0.4 is 9.47 Å². The van der Waals surface area contributed by atoms with Gasteiger partial charge in [0.15, 0.2) is 6.20 Å². The van der Waals surface area contributed by atoms with E-state index < -0.39 is 0 Å². The third kappa shape index (κ3) is 31.4. The molecule has 0 aliphatic carbocycles. The molecule has 0 spiro atoms. The van der Waals surface area contributed by atoms with Crippen molar-refractivity contribution in [2.45, 2.75) is 271 Å². The van der Waals surface area contributed by atoms with Crippen LogP contribution in [-0.2, 0) is 6.54 Å². The zero-order chi connectivity index (χ0) is 41.9. The minimum Gasteiger partial charge on any atom is -0.372 e. The monoisotopic (exact) mass is 814 g/mol. The van der Waals surface area contributed by atoms with E-state index in [0.29, 0.717) is 0 Å². The molecular weight excluding hydrogens is 713 g/mol. The summed E-state index contributed by atoms with van der Waals surface area (Å²) < 4.78 is 2.38. The Labute approximate surface area is 370 Å². The molecule has 1 aromatic carbocycles. The van der Waals surface area contributed by atoms with E-state index in [1.165, 1.54) is 274 Å². The number of aromatic nitrogens is 1. The lowest BCUT2D eigenvalue weighted by Gasteiger charge is -2.25. The molecule has 2 heteroatoms. The van der Waals surface area contributed by atoms with Crippen molar-refractivity contribution in [3.63, 3.8) is 0 Å². The van der Waals surface area contributed by atoms with Crippen molar-refractivity contribution in [1.82, 2.24) is 0 Å². The summed E-state index contributed by atoms with van der Waals surface area (Å²) in [5.41, 5.74) is 3.99. The Morgan fingerprint density at radius 1 is 0.356 bits per heavy atom. The van der Waals surface area contributed by atoms with E-state index in [1.807, 2.05) is 0 Å². The molecule has 2 aromatic rings. The molecule has 0 saturated heterocycles. The van der Waals surface area contributed by atoms with E-state index in [0.717, 1.165) is 6.54 Å². The smallest absolute Gasteiger partial charge is 0.205 e. The predicted octanol–water partition coefficient (Wildman–Crippen LogP) is 18.8. The molecule has 338 valence electrons. The summed E-state index contributed by atoms with van der Waals surface area (Å²) in [5, 5.41) is 0. The lowest BCUT2D eigenvalue weighted by molar-refractivity contribution is -0.699. The Morgan fingerprint density at radius 2 is 0.695 bits per heavy atom. The molecule has 2 nitrogen and oxygen atoms in total. The average Bonchev–Trinajstić information content (AvgIpc) is 3.26. The molecule has 2 rings (SSSR count). The molecule has 59 heavy (non-hydrogen) atoms. The molecule has 0 bridgehead atoms. The van der Waals surface area contributed by atoms with E-state index in [-0.39, 0.29) is 0 Å². The fourth-order valence-corrected chi connectivity index (χ4v) is 8.93. The maximum Gasteiger partial charge on any atom is 0.205 e. The van der Waals surface area contributed by atoms with Crippen molar-refractivity contribution in [2.24, 2.45) is 0 Å². The minimum absolute atomic E-state index is 1.09. The summed E-state index contributed by atoms with van der Waals surface area (Å²) in [6.45, 7) is 10.4. The zero-order valence-electron chi connectivity index (χ0n) is 40.2. The Hall–Kier alpha value is -2.09. The largest absolute Gasteiger partial charge is 0.372 e. The number of rotatable bonds is 44. The molecule has 0 aliphatic heterocycles. The number of hydrogen-bond acceptors (Lipinski definition) is 1. The van der Waals surface area contributed by atoms with Gasteiger partial charge in [0.1, 0.15) is 6.54 Å². The molecule has 0 unspecified atom stereocenters. The molecule has 0 atom stereocenters. The standard InChI is InChI=1S/C57H101N2/c1-4-7-10-12-14-16-18-20-22-24-26-28-30-32-34-36-38-41-52-59(53-42-39-37-35-33-31-29-27-25-23-21-19-17-15-13-11-8-5-2)57-49-46-55(47-50-57)45-48-56-44-40-43-54-58(56)51-9-6-3/h40,43-50,54H,4-39,41-42,51-53H2,1-3H3/q+1. The maximum absolute atomic E-state index is 2.71. The van der Waals surface area contributed by atoms with E-state index >= 15 is 0 Å². The zero-order valence-corrected chi connectivity index (χ0v) is 40.2. The number of aryl methyl sites for hydroxylation is 1. The molecule has 0 fully saturated rings. The number of unbranched alkanes of at least 4 members (excludes halogenated alkanes) is 35. The van der Waals surface area contributed by atoms with E-state index in [1.54, 1.807) is 0 Å². The molecule has 0 amide bonds. The fraction of sp³-hybridized carbons (Fsp3) is 0.772. The second-order valence-electron chi connectivity index (χ2n) is 18.6. The van der Waals surface area contributed by atoms with Crippen molar-refractivity contribution in [3.8, 4) is 0 Å². The lowest BCUT2D eigenvalue weighted by Crippen LogP contribution is -2.36. The van der Waals surface area contributed by atoms with Gasteiger partial charge in [-0.3, -0.25) is 0 Å². The summed E-state index contributed by atoms with van der Waals surface area (Å²) >= 11 is 0. The highest BCUT2D eigenvalue weighted by Crippen LogP contribution is 2.21. The second-order valence-corrected chi connectivity index (χ2v) is 18.6. The van der Waals surface area contributed by atoms with Crippen molar-refractivity contribution in [3.05, 3.63) is 59.9 Å². The van der Waals surface area contributed by atoms with Gasteiger partial charge >= 0.3 is 0 Å². The van der Waals surface area contributed by atoms with Gasteiger partial charge in [-0.05, 0) is 42.7 Å². The van der Waals surface area contributed by atoms with Gasteiger partial charge in [-0.25, -0.2) is 0 Å². The molecule has 1 aromatic heterocycles. The third-order valence-electron chi connectivity index (χ3n) is 13.0. The van der Waals surface area contributed by atoms with Gasteiger partial charge in [0.25, 0.3) is 0 Å². The number of pyridine rings is 1. The number of hydrogen-bond donors (Lipinski definition) is 0. The van der Waals surface area contributed by atoms with Gasteiger partial charge in [-0.2, -0.15) is 4.57 Å². The first-order valence-electron chi connectivity index (χ1n) is 26.8. The highest BCUT2D eigenvalue weighted by Gasteiger charge is 2.08. The van der Waals surface area contributed by atoms with Crippen LogP contribution in [0.2, 0.25) is 0 Å². The highest BCUT2D eigenvalue weighted by molar-refractivity contribution is 5.68. The van der Waals surface area contributed by atoms with Crippen molar-refractivity contribution in [1.29, 1.82) is 0 Å². The van der Waals surface area contributed by atoms with Crippen molar-refractivity contribution < 1.29 is 4.57 Å². The van der Waals surface area contributed by atoms with Crippen LogP contribution in [0.3, 0.4) is 0 Å². The van der Waals surface area contributed by atoms with E-state index in [9.17, 15) is 0 Å². The summed E-state index contributed by atoms with van der Waals surface area (Å²) in [6, 6.07) is 16.0. The lowest BCUT2D eigenvalue weighted by atomic mass is 10.0. The molecule has 0 saturated carbocycles. The summed E-state index contributed by atoms with van der Waals surface area (Å²) in [4.78, 5) is 2.71. The molecule has 0 N–H and O–H groups in total. The predicted molar refractivity (Wildman–Crippen MR) is 267 cm³/mol. The Kier molecular flexibility index (Phi) is 37.1. The topological polar surface area (TPSA) is 7.12 Å². The average molecular weight is 814 g/mol. The Morgan fingerprint density at radius 3 is 1.05 bits per heavy atom. The molecular formula is C57H101N2+. The summed E-state index contributed by atoms with van der Waals surface area (Å²) in [5.74, 6) is 0. The maximum atomic E-state index is 2.71. The van der Waals surface area contributed by atoms with Crippen LogP contribution in [0.25, 0.3) is 12.2 Å². The van der Waals surface area contributed by atoms with E-state index in [4.69, 9.17) is 0 Å². The van der Waals surface area contributed by atoms with Crippen LogP contribution in [0, 0.1) is 0 Å². The van der Waals surface area contributed by atoms with Gasteiger partial charge in [-0.1, -0.05) is 258 Å². The van der Waals surface area contributed by atoms with Gasteiger partial charge in [0, 0.05) is 43.4 Å². The van der Waals surface area contributed by atoms with Gasteiger partial charge < -0.3 is 4.90 Å². The minimum atomic E-state index is 1.09. The van der Waals surface area contributed by atoms with Gasteiger partial charge in [0.05, 0.1) is 0 Å². The first kappa shape index (κ1) is 53.0. The van der Waals surface area contributed by atoms with Crippen LogP contribution in [0.15, 0.2) is 48.7 Å². The van der Waals surface area contributed by atoms with Crippen LogP contribution in [0.1, 0.15) is 276 Å². The van der Waals surface area contributed by atoms with E-state index in [2.05, 4.69) is 91.1 Å². The van der Waals surface area contributed by atoms with Crippen LogP contribution >= 0.6 is 0 Å². The van der Waals surface area contributed by atoms with Crippen LogP contribution in [0.4, 0.5) is 5.69 Å². The highest BCUT2D eigenvalue weighted by atomic mass is 15.1. The van der Waals surface area contributed by atoms with Crippen LogP contribution in [0.5, 0.6) is 0 Å². The van der Waals surface area contributed by atoms with Crippen LogP contribution in [-0.4, -0.2) is 13.1 Å². The second kappa shape index (κ2) is 41.3. The van der Waals surface area contributed by atoms with Crippen molar-refractivity contribution in [2.75, 3.05) is 18.0 Å². The third-order valence-corrected chi connectivity index (χ3v) is 13.0. The van der Waals surface area contributed by atoms with Crippen molar-refractivity contribution >= 4 is 17.8 Å². The summed E-state index contributed by atoms with van der Waals surface area (Å²) in [6.07, 6.45) is 61.0. The number of benzene rings is 1. The number of anilines is 1. The molecule has 1 heterocycles. The SMILES string of the molecule is CCCCCCCCCCCCCCCCCCCCN(CCCCCCCCCCCCCCCCCCCC)c1ccc(C=Cc2cccc[n+]2CCCC)cc1. The first-order valence-corrected chi connectivity index (χ1v) is 26.8. The Bertz CT molecular complexity index is 1130. The van der Waals surface area contributed by atoms with Gasteiger partial charge in [0.2, 0.25) is 5.69 Å². The quantitative estimate of drug-likeness (QED) is 0.0477. The Balaban J connectivity index is 1.64. The first-order chi connectivity index (χ1) is 29.3. The molecule has 0 aliphatic rings. The molecule has 0 radical (unpaired) electrons. The number of nitrogens with zero attached hydrogens (tertiary/aromatic N) is 2. The van der Waals surface area contributed by atoms with Gasteiger partial charge in [-0.15, -0.1) is 0 Å². The summed E-state index contributed by atoms with van der Waals surface area (Å²) in [7, 11) is 0. The fourth-order valence-electron chi connectivity index (χ4n) is 8.93.